The highest BCUT2D eigenvalue weighted by atomic mass is 32.1. The number of amides is 1. The van der Waals surface area contributed by atoms with Gasteiger partial charge in [-0.25, -0.2) is 5.10 Å². The fourth-order valence-corrected chi connectivity index (χ4v) is 2.48. The minimum atomic E-state index is -0.249. The second-order valence-electron chi connectivity index (χ2n) is 4.32. The van der Waals surface area contributed by atoms with Gasteiger partial charge in [-0.15, -0.1) is 11.3 Å². The molecular formula is C15H11N3O2S. The summed E-state index contributed by atoms with van der Waals surface area (Å²) < 4.78 is 0. The summed E-state index contributed by atoms with van der Waals surface area (Å²) in [6.45, 7) is 0. The average molecular weight is 297 g/mol. The lowest BCUT2D eigenvalue weighted by atomic mass is 10.1. The third-order valence-corrected chi connectivity index (χ3v) is 3.71. The summed E-state index contributed by atoms with van der Waals surface area (Å²) in [6.07, 6.45) is 0. The zero-order valence-corrected chi connectivity index (χ0v) is 11.7. The molecule has 1 aromatic carbocycles. The van der Waals surface area contributed by atoms with Crippen LogP contribution in [-0.4, -0.2) is 16.1 Å². The number of H-pyrrole nitrogens is 1. The molecule has 0 spiro atoms. The Kier molecular flexibility index (Phi) is 3.61. The number of rotatable bonds is 3. The summed E-state index contributed by atoms with van der Waals surface area (Å²) in [7, 11) is 0. The number of carbonyl (C=O) groups excluding carboxylic acids is 1. The first-order chi connectivity index (χ1) is 10.2. The van der Waals surface area contributed by atoms with Gasteiger partial charge in [0.2, 0.25) is 0 Å². The maximum absolute atomic E-state index is 12.0. The molecule has 0 fully saturated rings. The van der Waals surface area contributed by atoms with Crippen molar-refractivity contribution in [1.29, 1.82) is 0 Å². The quantitative estimate of drug-likeness (QED) is 0.780. The van der Waals surface area contributed by atoms with Crippen LogP contribution in [0.3, 0.4) is 0 Å². The van der Waals surface area contributed by atoms with E-state index in [1.165, 1.54) is 17.4 Å². The van der Waals surface area contributed by atoms with Crippen molar-refractivity contribution in [3.05, 3.63) is 69.1 Å². The van der Waals surface area contributed by atoms with Crippen molar-refractivity contribution in [2.24, 2.45) is 0 Å². The average Bonchev–Trinajstić information content (AvgIpc) is 3.02. The lowest BCUT2D eigenvalue weighted by Gasteiger charge is -2.06. The Hall–Kier alpha value is -2.73. The van der Waals surface area contributed by atoms with E-state index in [-0.39, 0.29) is 11.5 Å². The van der Waals surface area contributed by atoms with Crippen molar-refractivity contribution in [1.82, 2.24) is 10.2 Å². The van der Waals surface area contributed by atoms with Gasteiger partial charge in [0.05, 0.1) is 10.6 Å². The molecule has 3 rings (SSSR count). The third-order valence-electron chi connectivity index (χ3n) is 2.84. The Balaban J connectivity index is 1.85. The van der Waals surface area contributed by atoms with Gasteiger partial charge in [0, 0.05) is 17.3 Å². The van der Waals surface area contributed by atoms with Crippen molar-refractivity contribution in [3.8, 4) is 11.3 Å². The van der Waals surface area contributed by atoms with Crippen LogP contribution in [0.25, 0.3) is 11.3 Å². The van der Waals surface area contributed by atoms with Crippen LogP contribution in [0.5, 0.6) is 0 Å². The lowest BCUT2D eigenvalue weighted by Crippen LogP contribution is -2.10. The van der Waals surface area contributed by atoms with Crippen LogP contribution in [0.1, 0.15) is 9.67 Å². The summed E-state index contributed by atoms with van der Waals surface area (Å²) >= 11 is 1.39. The van der Waals surface area contributed by atoms with Crippen LogP contribution in [0, 0.1) is 0 Å². The molecule has 6 heteroatoms. The smallest absolute Gasteiger partial charge is 0.265 e. The van der Waals surface area contributed by atoms with Crippen LogP contribution in [0.4, 0.5) is 5.69 Å². The number of hydrogen-bond acceptors (Lipinski definition) is 4. The van der Waals surface area contributed by atoms with Gasteiger partial charge in [-0.3, -0.25) is 9.59 Å². The molecule has 2 heterocycles. The topological polar surface area (TPSA) is 74.8 Å². The molecule has 0 radical (unpaired) electrons. The number of aromatic amines is 1. The molecule has 2 aromatic heterocycles. The Morgan fingerprint density at radius 3 is 2.76 bits per heavy atom. The SMILES string of the molecule is O=C(Nc1cccc(-c2ccc(=O)[nH]n2)c1)c1cccs1. The van der Waals surface area contributed by atoms with Crippen LogP contribution < -0.4 is 10.9 Å². The molecule has 104 valence electrons. The molecule has 0 saturated carbocycles. The van der Waals surface area contributed by atoms with Crippen molar-refractivity contribution in [2.45, 2.75) is 0 Å². The predicted octanol–water partition coefficient (Wildman–Crippen LogP) is 2.75. The van der Waals surface area contributed by atoms with E-state index in [4.69, 9.17) is 0 Å². The zero-order valence-electron chi connectivity index (χ0n) is 10.9. The lowest BCUT2D eigenvalue weighted by molar-refractivity contribution is 0.103. The van der Waals surface area contributed by atoms with Gasteiger partial charge in [-0.2, -0.15) is 5.10 Å². The van der Waals surface area contributed by atoms with E-state index in [1.54, 1.807) is 18.2 Å². The Bertz CT molecular complexity index is 804. The molecule has 0 atom stereocenters. The molecule has 0 aliphatic carbocycles. The number of anilines is 1. The van der Waals surface area contributed by atoms with Gasteiger partial charge in [0.15, 0.2) is 0 Å². The van der Waals surface area contributed by atoms with E-state index < -0.39 is 0 Å². The first-order valence-electron chi connectivity index (χ1n) is 6.23. The molecule has 0 aliphatic heterocycles. The molecule has 2 N–H and O–H groups in total. The van der Waals surface area contributed by atoms with Crippen molar-refractivity contribution in [2.75, 3.05) is 5.32 Å². The van der Waals surface area contributed by atoms with E-state index >= 15 is 0 Å². The fraction of sp³-hybridized carbons (Fsp3) is 0. The molecular weight excluding hydrogens is 286 g/mol. The number of hydrogen-bond donors (Lipinski definition) is 2. The number of thiophene rings is 1. The highest BCUT2D eigenvalue weighted by Gasteiger charge is 2.07. The van der Waals surface area contributed by atoms with E-state index in [9.17, 15) is 9.59 Å². The number of carbonyl (C=O) groups is 1. The van der Waals surface area contributed by atoms with Crippen LogP contribution in [0.15, 0.2) is 58.7 Å². The Morgan fingerprint density at radius 2 is 2.05 bits per heavy atom. The number of aromatic nitrogens is 2. The maximum atomic E-state index is 12.0. The predicted molar refractivity (Wildman–Crippen MR) is 82.6 cm³/mol. The molecule has 5 nitrogen and oxygen atoms in total. The Morgan fingerprint density at radius 1 is 1.14 bits per heavy atom. The molecule has 1 amide bonds. The van der Waals surface area contributed by atoms with Gasteiger partial charge in [0.25, 0.3) is 11.5 Å². The highest BCUT2D eigenvalue weighted by molar-refractivity contribution is 7.12. The summed E-state index contributed by atoms with van der Waals surface area (Å²) in [5.74, 6) is -0.142. The van der Waals surface area contributed by atoms with Crippen molar-refractivity contribution in [3.63, 3.8) is 0 Å². The number of nitrogens with one attached hydrogen (secondary N) is 2. The van der Waals surface area contributed by atoms with Gasteiger partial charge >= 0.3 is 0 Å². The summed E-state index contributed by atoms with van der Waals surface area (Å²) in [6, 6.07) is 14.0. The van der Waals surface area contributed by atoms with Gasteiger partial charge in [0.1, 0.15) is 0 Å². The van der Waals surface area contributed by atoms with Gasteiger partial charge in [-0.05, 0) is 29.6 Å². The molecule has 0 bridgehead atoms. The van der Waals surface area contributed by atoms with Crippen LogP contribution in [0.2, 0.25) is 0 Å². The van der Waals surface area contributed by atoms with E-state index in [0.29, 0.717) is 16.3 Å². The summed E-state index contributed by atoms with van der Waals surface area (Å²) in [5.41, 5.74) is 1.89. The normalized spacial score (nSPS) is 10.3. The molecule has 0 unspecified atom stereocenters. The standard InChI is InChI=1S/C15H11N3O2S/c19-14-7-6-12(17-18-14)10-3-1-4-11(9-10)16-15(20)13-5-2-8-21-13/h1-9H,(H,16,20)(H,18,19). The first kappa shape index (κ1) is 13.3. The second-order valence-corrected chi connectivity index (χ2v) is 5.27. The van der Waals surface area contributed by atoms with Gasteiger partial charge in [-0.1, -0.05) is 18.2 Å². The minimum absolute atomic E-state index is 0.142. The molecule has 0 aliphatic rings. The van der Waals surface area contributed by atoms with Crippen LogP contribution in [-0.2, 0) is 0 Å². The maximum Gasteiger partial charge on any atom is 0.265 e. The zero-order chi connectivity index (χ0) is 14.7. The summed E-state index contributed by atoms with van der Waals surface area (Å²) in [4.78, 5) is 23.7. The minimum Gasteiger partial charge on any atom is -0.321 e. The van der Waals surface area contributed by atoms with E-state index in [1.807, 2.05) is 29.6 Å². The highest BCUT2D eigenvalue weighted by Crippen LogP contribution is 2.20. The third kappa shape index (κ3) is 3.06. The Labute approximate surface area is 124 Å². The van der Waals surface area contributed by atoms with E-state index in [0.717, 1.165) is 5.56 Å². The summed E-state index contributed by atoms with van der Waals surface area (Å²) in [5, 5.41) is 11.1. The monoisotopic (exact) mass is 297 g/mol. The fourth-order valence-electron chi connectivity index (χ4n) is 1.86. The first-order valence-corrected chi connectivity index (χ1v) is 7.11. The van der Waals surface area contributed by atoms with Crippen molar-refractivity contribution < 1.29 is 4.79 Å². The van der Waals surface area contributed by atoms with Gasteiger partial charge < -0.3 is 5.32 Å². The van der Waals surface area contributed by atoms with Crippen LogP contribution >= 0.6 is 11.3 Å². The second kappa shape index (κ2) is 5.72. The molecule has 21 heavy (non-hydrogen) atoms. The van der Waals surface area contributed by atoms with Crippen molar-refractivity contribution >= 4 is 22.9 Å². The number of nitrogens with zero attached hydrogens (tertiary/aromatic N) is 1. The largest absolute Gasteiger partial charge is 0.321 e. The molecule has 3 aromatic rings. The van der Waals surface area contributed by atoms with E-state index in [2.05, 4.69) is 15.5 Å². The molecule has 0 saturated heterocycles. The number of benzene rings is 1.